The highest BCUT2D eigenvalue weighted by Crippen LogP contribution is 2.48. The molecular formula is C16H23N3O2. The van der Waals surface area contributed by atoms with Crippen molar-refractivity contribution in [2.75, 3.05) is 25.6 Å². The number of anilines is 1. The van der Waals surface area contributed by atoms with Gasteiger partial charge >= 0.3 is 0 Å². The van der Waals surface area contributed by atoms with Gasteiger partial charge in [0.2, 0.25) is 0 Å². The molecule has 2 saturated carbocycles. The number of hydrogen-bond acceptors (Lipinski definition) is 4. The van der Waals surface area contributed by atoms with Crippen LogP contribution in [0.15, 0.2) is 18.3 Å². The van der Waals surface area contributed by atoms with Crippen LogP contribution in [0.2, 0.25) is 0 Å². The lowest BCUT2D eigenvalue weighted by Crippen LogP contribution is -2.45. The zero-order chi connectivity index (χ0) is 15.0. The monoisotopic (exact) mass is 289 g/mol. The molecule has 4 atom stereocenters. The summed E-state index contributed by atoms with van der Waals surface area (Å²) in [6, 6.07) is 3.77. The minimum Gasteiger partial charge on any atom is -0.396 e. The summed E-state index contributed by atoms with van der Waals surface area (Å²) in [6.07, 6.45) is 5.13. The van der Waals surface area contributed by atoms with E-state index in [1.165, 1.54) is 12.8 Å². The summed E-state index contributed by atoms with van der Waals surface area (Å²) in [5.41, 5.74) is 0.583. The Balaban J connectivity index is 1.68. The van der Waals surface area contributed by atoms with E-state index in [4.69, 9.17) is 0 Å². The van der Waals surface area contributed by atoms with E-state index in [0.29, 0.717) is 17.4 Å². The molecule has 2 bridgehead atoms. The van der Waals surface area contributed by atoms with Crippen molar-refractivity contribution >= 4 is 11.7 Å². The Morgan fingerprint density at radius 3 is 2.76 bits per heavy atom. The van der Waals surface area contributed by atoms with Gasteiger partial charge in [0.25, 0.3) is 5.91 Å². The minimum absolute atomic E-state index is 0.0798. The topological polar surface area (TPSA) is 65.5 Å². The highest BCUT2D eigenvalue weighted by atomic mass is 16.3. The number of amides is 1. The van der Waals surface area contributed by atoms with E-state index in [1.54, 1.807) is 12.3 Å². The average Bonchev–Trinajstić information content (AvgIpc) is 3.08. The maximum Gasteiger partial charge on any atom is 0.253 e. The predicted octanol–water partition coefficient (Wildman–Crippen LogP) is 1.28. The summed E-state index contributed by atoms with van der Waals surface area (Å²) in [7, 11) is 3.84. The lowest BCUT2D eigenvalue weighted by molar-refractivity contribution is 0.0861. The standard InChI is InChI=1S/C16H23N3O2/c1-19(2)14-6-5-12(8-17-14)16(21)18-15-11-4-3-10(7-11)13(15)9-20/h5-6,8,10-11,13,15,20H,3-4,7,9H2,1-2H3,(H,18,21). The molecule has 2 aliphatic rings. The second-order valence-electron chi connectivity index (χ2n) is 6.48. The normalized spacial score (nSPS) is 30.4. The maximum atomic E-state index is 12.4. The zero-order valence-corrected chi connectivity index (χ0v) is 12.6. The van der Waals surface area contributed by atoms with Crippen LogP contribution in [0, 0.1) is 17.8 Å². The van der Waals surface area contributed by atoms with Crippen LogP contribution in [0.5, 0.6) is 0 Å². The molecule has 1 aromatic heterocycles. The quantitative estimate of drug-likeness (QED) is 0.876. The van der Waals surface area contributed by atoms with Crippen molar-refractivity contribution in [3.63, 3.8) is 0 Å². The number of aliphatic hydroxyl groups excluding tert-OH is 1. The molecular weight excluding hydrogens is 266 g/mol. The summed E-state index contributed by atoms with van der Waals surface area (Å²) in [6.45, 7) is 0.171. The lowest BCUT2D eigenvalue weighted by atomic mass is 9.85. The van der Waals surface area contributed by atoms with Gasteiger partial charge in [-0.05, 0) is 43.2 Å². The van der Waals surface area contributed by atoms with Crippen LogP contribution in [0.3, 0.4) is 0 Å². The summed E-state index contributed by atoms with van der Waals surface area (Å²) >= 11 is 0. The average molecular weight is 289 g/mol. The molecule has 2 aliphatic carbocycles. The third-order valence-corrected chi connectivity index (χ3v) is 5.07. The summed E-state index contributed by atoms with van der Waals surface area (Å²) in [5, 5.41) is 12.7. The van der Waals surface area contributed by atoms with Crippen LogP contribution in [0.1, 0.15) is 29.6 Å². The summed E-state index contributed by atoms with van der Waals surface area (Å²) in [5.74, 6) is 2.09. The minimum atomic E-state index is -0.0798. The van der Waals surface area contributed by atoms with Gasteiger partial charge in [0, 0.05) is 38.9 Å². The number of aliphatic hydroxyl groups is 1. The number of aromatic nitrogens is 1. The van der Waals surface area contributed by atoms with Gasteiger partial charge in [0.1, 0.15) is 5.82 Å². The van der Waals surface area contributed by atoms with Gasteiger partial charge in [-0.25, -0.2) is 4.98 Å². The highest BCUT2D eigenvalue weighted by molar-refractivity contribution is 5.94. The second-order valence-corrected chi connectivity index (χ2v) is 6.48. The Morgan fingerprint density at radius 1 is 1.38 bits per heavy atom. The Labute approximate surface area is 125 Å². The van der Waals surface area contributed by atoms with Gasteiger partial charge in [-0.2, -0.15) is 0 Å². The van der Waals surface area contributed by atoms with Gasteiger partial charge in [-0.15, -0.1) is 0 Å². The number of carbonyl (C=O) groups is 1. The molecule has 2 N–H and O–H groups in total. The molecule has 0 saturated heterocycles. The number of pyridine rings is 1. The molecule has 3 rings (SSSR count). The van der Waals surface area contributed by atoms with Crippen LogP contribution in [0.4, 0.5) is 5.82 Å². The van der Waals surface area contributed by atoms with E-state index in [9.17, 15) is 9.90 Å². The van der Waals surface area contributed by atoms with Crippen LogP contribution in [0.25, 0.3) is 0 Å². The third kappa shape index (κ3) is 2.62. The van der Waals surface area contributed by atoms with Crippen molar-refractivity contribution in [2.45, 2.75) is 25.3 Å². The molecule has 114 valence electrons. The van der Waals surface area contributed by atoms with E-state index < -0.39 is 0 Å². The number of nitrogens with one attached hydrogen (secondary N) is 1. The molecule has 1 aromatic rings. The van der Waals surface area contributed by atoms with E-state index in [0.717, 1.165) is 12.2 Å². The van der Waals surface area contributed by atoms with Crippen LogP contribution in [-0.4, -0.2) is 42.7 Å². The van der Waals surface area contributed by atoms with Crippen molar-refractivity contribution in [1.29, 1.82) is 0 Å². The van der Waals surface area contributed by atoms with Crippen molar-refractivity contribution in [3.8, 4) is 0 Å². The largest absolute Gasteiger partial charge is 0.396 e. The van der Waals surface area contributed by atoms with E-state index in [-0.39, 0.29) is 24.5 Å². The van der Waals surface area contributed by atoms with Gasteiger partial charge in [-0.3, -0.25) is 4.79 Å². The Bertz CT molecular complexity index is 515. The molecule has 5 heteroatoms. The maximum absolute atomic E-state index is 12.4. The van der Waals surface area contributed by atoms with Gasteiger partial charge in [0.15, 0.2) is 0 Å². The Kier molecular flexibility index (Phi) is 3.85. The number of nitrogens with zero attached hydrogens (tertiary/aromatic N) is 2. The highest BCUT2D eigenvalue weighted by Gasteiger charge is 2.47. The zero-order valence-electron chi connectivity index (χ0n) is 12.6. The number of hydrogen-bond donors (Lipinski definition) is 2. The first-order valence-electron chi connectivity index (χ1n) is 7.65. The third-order valence-electron chi connectivity index (χ3n) is 5.07. The summed E-state index contributed by atoms with van der Waals surface area (Å²) in [4.78, 5) is 18.6. The van der Waals surface area contributed by atoms with Crippen molar-refractivity contribution in [1.82, 2.24) is 10.3 Å². The predicted molar refractivity (Wildman–Crippen MR) is 81.2 cm³/mol. The molecule has 21 heavy (non-hydrogen) atoms. The number of carbonyl (C=O) groups excluding carboxylic acids is 1. The van der Waals surface area contributed by atoms with Crippen LogP contribution >= 0.6 is 0 Å². The SMILES string of the molecule is CN(C)c1ccc(C(=O)NC2C3CCC(C3)C2CO)cn1. The van der Waals surface area contributed by atoms with E-state index >= 15 is 0 Å². The van der Waals surface area contributed by atoms with Gasteiger partial charge < -0.3 is 15.3 Å². The van der Waals surface area contributed by atoms with Crippen molar-refractivity contribution in [2.24, 2.45) is 17.8 Å². The van der Waals surface area contributed by atoms with Crippen molar-refractivity contribution < 1.29 is 9.90 Å². The van der Waals surface area contributed by atoms with Crippen LogP contribution in [-0.2, 0) is 0 Å². The fourth-order valence-corrected chi connectivity index (χ4v) is 3.92. The van der Waals surface area contributed by atoms with E-state index in [2.05, 4.69) is 10.3 Å². The second kappa shape index (κ2) is 5.64. The first-order valence-corrected chi connectivity index (χ1v) is 7.65. The molecule has 0 aliphatic heterocycles. The molecule has 1 heterocycles. The fourth-order valence-electron chi connectivity index (χ4n) is 3.92. The Hall–Kier alpha value is -1.62. The van der Waals surface area contributed by atoms with Crippen molar-refractivity contribution in [3.05, 3.63) is 23.9 Å². The first-order chi connectivity index (χ1) is 10.1. The molecule has 0 aromatic carbocycles. The van der Waals surface area contributed by atoms with Gasteiger partial charge in [0.05, 0.1) is 5.56 Å². The van der Waals surface area contributed by atoms with E-state index in [1.807, 2.05) is 25.1 Å². The number of fused-ring (bicyclic) bond motifs is 2. The van der Waals surface area contributed by atoms with Crippen LogP contribution < -0.4 is 10.2 Å². The lowest BCUT2D eigenvalue weighted by Gasteiger charge is -2.30. The smallest absolute Gasteiger partial charge is 0.253 e. The molecule has 4 unspecified atom stereocenters. The molecule has 2 fully saturated rings. The number of rotatable bonds is 4. The Morgan fingerprint density at radius 2 is 2.14 bits per heavy atom. The first kappa shape index (κ1) is 14.3. The fraction of sp³-hybridized carbons (Fsp3) is 0.625. The molecule has 5 nitrogen and oxygen atoms in total. The molecule has 1 amide bonds. The molecule has 0 spiro atoms. The van der Waals surface area contributed by atoms with Gasteiger partial charge in [-0.1, -0.05) is 0 Å². The summed E-state index contributed by atoms with van der Waals surface area (Å²) < 4.78 is 0. The molecule has 0 radical (unpaired) electrons.